The van der Waals surface area contributed by atoms with E-state index in [0.29, 0.717) is 11.8 Å². The molecule has 2 N–H and O–H groups in total. The van der Waals surface area contributed by atoms with Crippen LogP contribution in [0.4, 0.5) is 0 Å². The minimum atomic E-state index is -0.315. The predicted molar refractivity (Wildman–Crippen MR) is 83.4 cm³/mol. The molecule has 2 aliphatic rings. The summed E-state index contributed by atoms with van der Waals surface area (Å²) in [6.45, 7) is 0. The molecule has 21 heavy (non-hydrogen) atoms. The molecule has 8 heteroatoms. The molecule has 2 rings (SSSR count). The van der Waals surface area contributed by atoms with Crippen LogP contribution in [0.2, 0.25) is 0 Å². The molecule has 0 aromatic heterocycles. The molecule has 0 aliphatic heterocycles. The van der Waals surface area contributed by atoms with Gasteiger partial charge in [0.25, 0.3) is 0 Å². The third-order valence-electron chi connectivity index (χ3n) is 3.42. The van der Waals surface area contributed by atoms with Crippen LogP contribution < -0.4 is 10.9 Å². The number of carbonyl (C=O) groups excluding carboxylic acids is 2. The summed E-state index contributed by atoms with van der Waals surface area (Å²) in [6, 6.07) is 0. The summed E-state index contributed by atoms with van der Waals surface area (Å²) in [7, 11) is 3.57. The van der Waals surface area contributed by atoms with E-state index in [1.54, 1.807) is 24.1 Å². The van der Waals surface area contributed by atoms with Crippen LogP contribution in [0.25, 0.3) is 0 Å². The molecule has 0 unspecified atom stereocenters. The van der Waals surface area contributed by atoms with Crippen molar-refractivity contribution in [1.29, 1.82) is 0 Å². The first-order chi connectivity index (χ1) is 9.88. The van der Waals surface area contributed by atoms with Gasteiger partial charge in [-0.05, 0) is 0 Å². The molecular formula is C13H20N4O2Se2. The van der Waals surface area contributed by atoms with Crippen molar-refractivity contribution in [3.8, 4) is 0 Å². The molecule has 6 nitrogen and oxygen atoms in total. The van der Waals surface area contributed by atoms with Crippen molar-refractivity contribution in [1.82, 2.24) is 20.9 Å². The molecule has 0 saturated heterocycles. The minimum absolute atomic E-state index is 0.190. The van der Waals surface area contributed by atoms with E-state index in [1.807, 2.05) is 0 Å². The Kier molecular flexibility index (Phi) is 5.60. The third kappa shape index (κ3) is 5.22. The summed E-state index contributed by atoms with van der Waals surface area (Å²) in [5.74, 6) is 0.429. The molecule has 2 saturated carbocycles. The van der Waals surface area contributed by atoms with Crippen molar-refractivity contribution >= 4 is 52.0 Å². The number of rotatable bonds is 8. The van der Waals surface area contributed by atoms with Gasteiger partial charge in [0.15, 0.2) is 0 Å². The maximum absolute atomic E-state index is 11.8. The Hall–Kier alpha value is -0.681. The Bertz CT molecular complexity index is 433. The van der Waals surface area contributed by atoms with E-state index in [9.17, 15) is 9.59 Å². The molecule has 0 atom stereocenters. The van der Waals surface area contributed by atoms with E-state index < -0.39 is 0 Å². The van der Waals surface area contributed by atoms with Crippen LogP contribution in [0.1, 0.15) is 32.1 Å². The van der Waals surface area contributed by atoms with Crippen LogP contribution in [0.3, 0.4) is 0 Å². The van der Waals surface area contributed by atoms with E-state index in [0.717, 1.165) is 34.8 Å². The summed E-state index contributed by atoms with van der Waals surface area (Å²) in [5.41, 5.74) is 5.40. The van der Waals surface area contributed by atoms with E-state index in [2.05, 4.69) is 42.0 Å². The maximum atomic E-state index is 11.8. The van der Waals surface area contributed by atoms with E-state index in [4.69, 9.17) is 0 Å². The topological polar surface area (TPSA) is 64.7 Å². The van der Waals surface area contributed by atoms with Crippen molar-refractivity contribution in [2.45, 2.75) is 32.1 Å². The number of amides is 2. The zero-order valence-corrected chi connectivity index (χ0v) is 15.6. The summed E-state index contributed by atoms with van der Waals surface area (Å²) in [6.07, 6.45) is 4.42. The normalized spacial score (nSPS) is 16.9. The first-order valence-corrected chi connectivity index (χ1v) is 8.74. The van der Waals surface area contributed by atoms with Crippen molar-refractivity contribution in [2.75, 3.05) is 14.1 Å². The molecule has 0 aromatic carbocycles. The first kappa shape index (κ1) is 16.7. The van der Waals surface area contributed by atoms with Gasteiger partial charge in [0.1, 0.15) is 0 Å². The quantitative estimate of drug-likeness (QED) is 0.291. The van der Waals surface area contributed by atoms with E-state index in [1.165, 1.54) is 0 Å². The van der Waals surface area contributed by atoms with Gasteiger partial charge >= 0.3 is 141 Å². The van der Waals surface area contributed by atoms with Gasteiger partial charge < -0.3 is 0 Å². The molecular weight excluding hydrogens is 402 g/mol. The molecule has 0 heterocycles. The number of nitrogens with zero attached hydrogens (tertiary/aromatic N) is 2. The fourth-order valence-corrected chi connectivity index (χ4v) is 3.10. The Labute approximate surface area is 140 Å². The Morgan fingerprint density at radius 2 is 1.24 bits per heavy atom. The van der Waals surface area contributed by atoms with Crippen LogP contribution in [0.15, 0.2) is 0 Å². The fourth-order valence-electron chi connectivity index (χ4n) is 1.92. The average molecular weight is 422 g/mol. The summed E-state index contributed by atoms with van der Waals surface area (Å²) >= 11 is 5.95. The molecule has 0 bridgehead atoms. The zero-order valence-electron chi connectivity index (χ0n) is 12.2. The number of carbonyl (C=O) groups is 2. The number of hydrogen-bond donors (Lipinski definition) is 2. The van der Waals surface area contributed by atoms with Crippen molar-refractivity contribution < 1.29 is 9.59 Å². The molecule has 0 spiro atoms. The van der Waals surface area contributed by atoms with Crippen molar-refractivity contribution in [3.05, 3.63) is 0 Å². The number of hydrogen-bond acceptors (Lipinski definition) is 4. The second-order valence-electron chi connectivity index (χ2n) is 5.59. The van der Waals surface area contributed by atoms with Crippen molar-refractivity contribution in [2.24, 2.45) is 11.8 Å². The zero-order chi connectivity index (χ0) is 15.6. The van der Waals surface area contributed by atoms with Gasteiger partial charge in [-0.25, -0.2) is 0 Å². The van der Waals surface area contributed by atoms with Gasteiger partial charge in [-0.15, -0.1) is 0 Å². The molecule has 116 valence electrons. The molecule has 0 radical (unpaired) electrons. The van der Waals surface area contributed by atoms with Gasteiger partial charge in [-0.1, -0.05) is 0 Å². The monoisotopic (exact) mass is 424 g/mol. The fraction of sp³-hybridized carbons (Fsp3) is 0.692. The van der Waals surface area contributed by atoms with Crippen LogP contribution in [-0.4, -0.2) is 76.2 Å². The van der Waals surface area contributed by atoms with Gasteiger partial charge in [0.05, 0.1) is 0 Å². The molecule has 2 amide bonds. The van der Waals surface area contributed by atoms with Gasteiger partial charge in [0, 0.05) is 0 Å². The number of nitrogens with one attached hydrogen (secondary N) is 2. The number of hydrazine groups is 2. The van der Waals surface area contributed by atoms with Gasteiger partial charge in [0.2, 0.25) is 0 Å². The first-order valence-electron chi connectivity index (χ1n) is 7.02. The SMILES string of the molecule is CN(NC(=O)CC(=O)NN(C)C(=[Se])C1CC1)C(=[Se])C1CC1. The van der Waals surface area contributed by atoms with E-state index >= 15 is 0 Å². The Balaban J connectivity index is 1.69. The predicted octanol–water partition coefficient (Wildman–Crippen LogP) is -1.28. The Morgan fingerprint density at radius 3 is 1.52 bits per heavy atom. The molecule has 0 aromatic rings. The van der Waals surface area contributed by atoms with Gasteiger partial charge in [-0.2, -0.15) is 0 Å². The second kappa shape index (κ2) is 7.05. The van der Waals surface area contributed by atoms with E-state index in [-0.39, 0.29) is 18.2 Å². The third-order valence-corrected chi connectivity index (χ3v) is 5.97. The van der Waals surface area contributed by atoms with Crippen molar-refractivity contribution in [3.63, 3.8) is 0 Å². The van der Waals surface area contributed by atoms with Crippen LogP contribution >= 0.6 is 0 Å². The summed E-state index contributed by atoms with van der Waals surface area (Å²) in [5, 5.41) is 3.35. The Morgan fingerprint density at radius 1 is 0.905 bits per heavy atom. The average Bonchev–Trinajstić information content (AvgIpc) is 3.29. The molecule has 2 aliphatic carbocycles. The van der Waals surface area contributed by atoms with Crippen LogP contribution in [0, 0.1) is 11.8 Å². The summed E-state index contributed by atoms with van der Waals surface area (Å²) in [4.78, 5) is 23.7. The molecule has 2 fully saturated rings. The van der Waals surface area contributed by atoms with Crippen LogP contribution in [0.5, 0.6) is 0 Å². The standard InChI is InChI=1S/C13H20N4O2Se2/c1-16(12(20)8-3-4-8)14-10(18)7-11(19)15-17(2)13(21)9-5-6-9/h8-9H,3-7H2,1-2H3,(H,14,18)(H,15,19). The van der Waals surface area contributed by atoms with Gasteiger partial charge in [-0.3, -0.25) is 0 Å². The summed E-state index contributed by atoms with van der Waals surface area (Å²) < 4.78 is 2.04. The van der Waals surface area contributed by atoms with Crippen LogP contribution in [-0.2, 0) is 9.59 Å². The second-order valence-corrected chi connectivity index (χ2v) is 7.34.